The minimum absolute atomic E-state index is 0.207. The molecule has 0 aliphatic carbocycles. The van der Waals surface area contributed by atoms with E-state index in [9.17, 15) is 8.42 Å². The van der Waals surface area contributed by atoms with Gasteiger partial charge in [0, 0.05) is 0 Å². The molecule has 0 aliphatic heterocycles. The van der Waals surface area contributed by atoms with Crippen molar-refractivity contribution in [1.29, 1.82) is 0 Å². The van der Waals surface area contributed by atoms with E-state index in [4.69, 9.17) is 10.2 Å². The number of hydrogen-bond donors (Lipinski definition) is 3. The van der Waals surface area contributed by atoms with Crippen molar-refractivity contribution in [2.45, 2.75) is 17.5 Å². The first kappa shape index (κ1) is 10.3. The molecule has 0 radical (unpaired) electrons. The quantitative estimate of drug-likeness (QED) is 0.563. The molecule has 1 rings (SSSR count). The van der Waals surface area contributed by atoms with Gasteiger partial charge in [0.1, 0.15) is 6.23 Å². The molecule has 9 heteroatoms. The van der Waals surface area contributed by atoms with Crippen LogP contribution in [0.15, 0.2) is 4.34 Å². The molecule has 0 spiro atoms. The lowest BCUT2D eigenvalue weighted by atomic mass is 10.7. The van der Waals surface area contributed by atoms with E-state index < -0.39 is 16.3 Å². The molecule has 0 bridgehead atoms. The molecule has 1 atom stereocenters. The maximum Gasteiger partial charge on any atom is 0.267 e. The number of aromatic nitrogens is 2. The molecule has 13 heavy (non-hydrogen) atoms. The van der Waals surface area contributed by atoms with Crippen LogP contribution in [0.5, 0.6) is 0 Å². The zero-order valence-corrected chi connectivity index (χ0v) is 8.26. The highest BCUT2D eigenvalue weighted by Gasteiger charge is 2.15. The highest BCUT2D eigenvalue weighted by molar-refractivity contribution is 7.91. The van der Waals surface area contributed by atoms with Crippen LogP contribution in [0.3, 0.4) is 0 Å². The van der Waals surface area contributed by atoms with E-state index in [2.05, 4.69) is 15.5 Å². The number of nitrogens with one attached hydrogen (secondary N) is 1. The van der Waals surface area contributed by atoms with Crippen LogP contribution in [0.25, 0.3) is 0 Å². The number of sulfonamides is 1. The molecule has 0 saturated carbocycles. The predicted molar refractivity (Wildman–Crippen MR) is 46.6 cm³/mol. The Labute approximate surface area is 78.7 Å². The molecule has 0 fully saturated rings. The van der Waals surface area contributed by atoms with E-state index in [-0.39, 0.29) is 9.47 Å². The van der Waals surface area contributed by atoms with E-state index in [0.29, 0.717) is 0 Å². The molecule has 0 aliphatic rings. The molecule has 7 nitrogen and oxygen atoms in total. The highest BCUT2D eigenvalue weighted by atomic mass is 32.2. The van der Waals surface area contributed by atoms with E-state index in [1.165, 1.54) is 6.92 Å². The standard InChI is InChI=1S/C4H8N4O3S2/c1-2(9)6-3-7-8-4(12-3)13(5,10)11/h2,9H,1H3,(H,6,7)(H2,5,10,11). The van der Waals surface area contributed by atoms with Gasteiger partial charge >= 0.3 is 0 Å². The molecular weight excluding hydrogens is 216 g/mol. The van der Waals surface area contributed by atoms with Crippen molar-refractivity contribution in [1.82, 2.24) is 10.2 Å². The molecule has 1 aromatic heterocycles. The number of nitrogens with zero attached hydrogens (tertiary/aromatic N) is 2. The Morgan fingerprint density at radius 1 is 1.62 bits per heavy atom. The summed E-state index contributed by atoms with van der Waals surface area (Å²) in [4.78, 5) is 0. The number of primary sulfonamides is 1. The van der Waals surface area contributed by atoms with Crippen LogP contribution in [0.2, 0.25) is 0 Å². The van der Waals surface area contributed by atoms with Crippen molar-refractivity contribution in [3.63, 3.8) is 0 Å². The number of aliphatic hydroxyl groups excluding tert-OH is 1. The van der Waals surface area contributed by atoms with Crippen molar-refractivity contribution >= 4 is 26.5 Å². The van der Waals surface area contributed by atoms with Gasteiger partial charge < -0.3 is 10.4 Å². The SMILES string of the molecule is CC(O)Nc1nnc(S(N)(=O)=O)s1. The zero-order chi connectivity index (χ0) is 10.1. The summed E-state index contributed by atoms with van der Waals surface area (Å²) in [5, 5.41) is 23.1. The van der Waals surface area contributed by atoms with Crippen LogP contribution < -0.4 is 10.5 Å². The van der Waals surface area contributed by atoms with Crippen molar-refractivity contribution in [2.24, 2.45) is 5.14 Å². The first-order chi connectivity index (χ1) is 5.89. The second kappa shape index (κ2) is 3.54. The minimum Gasteiger partial charge on any atom is -0.374 e. The van der Waals surface area contributed by atoms with Gasteiger partial charge in [-0.1, -0.05) is 11.3 Å². The number of nitrogens with two attached hydrogens (primary N) is 1. The smallest absolute Gasteiger partial charge is 0.267 e. The molecular formula is C4H8N4O3S2. The van der Waals surface area contributed by atoms with E-state index in [1.807, 2.05) is 0 Å². The van der Waals surface area contributed by atoms with Gasteiger partial charge in [0.15, 0.2) is 0 Å². The summed E-state index contributed by atoms with van der Waals surface area (Å²) in [7, 11) is -3.79. The summed E-state index contributed by atoms with van der Waals surface area (Å²) < 4.78 is 21.2. The van der Waals surface area contributed by atoms with Gasteiger partial charge in [-0.25, -0.2) is 13.6 Å². The number of anilines is 1. The van der Waals surface area contributed by atoms with Gasteiger partial charge in [-0.2, -0.15) is 0 Å². The van der Waals surface area contributed by atoms with Gasteiger partial charge in [0.25, 0.3) is 10.0 Å². The van der Waals surface area contributed by atoms with E-state index in [1.54, 1.807) is 0 Å². The molecule has 1 unspecified atom stereocenters. The maximum atomic E-state index is 10.7. The van der Waals surface area contributed by atoms with Gasteiger partial charge in [-0.15, -0.1) is 10.2 Å². The van der Waals surface area contributed by atoms with Crippen LogP contribution in [0.1, 0.15) is 6.92 Å². The fourth-order valence-electron chi connectivity index (χ4n) is 0.562. The average Bonchev–Trinajstić information content (AvgIpc) is 2.32. The zero-order valence-electron chi connectivity index (χ0n) is 6.63. The normalized spacial score (nSPS) is 14.1. The summed E-state index contributed by atoms with van der Waals surface area (Å²) >= 11 is 0.762. The lowest BCUT2D eigenvalue weighted by Gasteiger charge is -2.01. The Kier molecular flexibility index (Phi) is 2.81. The van der Waals surface area contributed by atoms with Crippen LogP contribution >= 0.6 is 11.3 Å². The molecule has 0 saturated heterocycles. The van der Waals surface area contributed by atoms with Crippen LogP contribution in [0.4, 0.5) is 5.13 Å². The molecule has 1 aromatic rings. The summed E-state index contributed by atoms with van der Waals surface area (Å²) in [6, 6.07) is 0. The Hall–Kier alpha value is -0.770. The van der Waals surface area contributed by atoms with Gasteiger partial charge in [-0.05, 0) is 6.92 Å². The third-order valence-corrected chi connectivity index (χ3v) is 3.15. The number of rotatable bonds is 3. The van der Waals surface area contributed by atoms with Crippen LogP contribution in [0, 0.1) is 0 Å². The molecule has 74 valence electrons. The van der Waals surface area contributed by atoms with Crippen molar-refractivity contribution in [3.05, 3.63) is 0 Å². The van der Waals surface area contributed by atoms with Crippen molar-refractivity contribution in [3.8, 4) is 0 Å². The summed E-state index contributed by atoms with van der Waals surface area (Å²) in [5.74, 6) is 0. The fourth-order valence-corrected chi connectivity index (χ4v) is 1.98. The Morgan fingerprint density at radius 3 is 2.62 bits per heavy atom. The largest absolute Gasteiger partial charge is 0.374 e. The van der Waals surface area contributed by atoms with Crippen molar-refractivity contribution in [2.75, 3.05) is 5.32 Å². The third-order valence-electron chi connectivity index (χ3n) is 0.982. The first-order valence-electron chi connectivity index (χ1n) is 3.20. The summed E-state index contributed by atoms with van der Waals surface area (Å²) in [5.41, 5.74) is 0. The Balaban J connectivity index is 2.88. The predicted octanol–water partition coefficient (Wildman–Crippen LogP) is -1.06. The Morgan fingerprint density at radius 2 is 2.23 bits per heavy atom. The highest BCUT2D eigenvalue weighted by Crippen LogP contribution is 2.18. The first-order valence-corrected chi connectivity index (χ1v) is 5.57. The van der Waals surface area contributed by atoms with Crippen LogP contribution in [-0.4, -0.2) is 29.9 Å². The fraction of sp³-hybridized carbons (Fsp3) is 0.500. The van der Waals surface area contributed by atoms with Gasteiger partial charge in [0.2, 0.25) is 9.47 Å². The topological polar surface area (TPSA) is 118 Å². The average molecular weight is 224 g/mol. The summed E-state index contributed by atoms with van der Waals surface area (Å²) in [6.07, 6.45) is -0.818. The second-order valence-electron chi connectivity index (χ2n) is 2.24. The van der Waals surface area contributed by atoms with E-state index >= 15 is 0 Å². The number of hydrogen-bond acceptors (Lipinski definition) is 7. The molecule has 0 amide bonds. The van der Waals surface area contributed by atoms with Crippen molar-refractivity contribution < 1.29 is 13.5 Å². The second-order valence-corrected chi connectivity index (χ2v) is 4.95. The molecule has 4 N–H and O–H groups in total. The minimum atomic E-state index is -3.79. The maximum absolute atomic E-state index is 10.7. The molecule has 1 heterocycles. The molecule has 0 aromatic carbocycles. The monoisotopic (exact) mass is 224 g/mol. The lowest BCUT2D eigenvalue weighted by Crippen LogP contribution is -2.12. The number of aliphatic hydroxyl groups is 1. The van der Waals surface area contributed by atoms with Gasteiger partial charge in [-0.3, -0.25) is 0 Å². The summed E-state index contributed by atoms with van der Waals surface area (Å²) in [6.45, 7) is 1.47. The van der Waals surface area contributed by atoms with E-state index in [0.717, 1.165) is 11.3 Å². The lowest BCUT2D eigenvalue weighted by molar-refractivity contribution is 0.224. The third kappa shape index (κ3) is 2.88. The van der Waals surface area contributed by atoms with Gasteiger partial charge in [0.05, 0.1) is 0 Å². The van der Waals surface area contributed by atoms with Crippen LogP contribution in [-0.2, 0) is 10.0 Å². The Bertz CT molecular complexity index is 384.